The molecule has 1 fully saturated rings. The number of rotatable bonds is 1. The lowest BCUT2D eigenvalue weighted by Crippen LogP contribution is -2.17. The third kappa shape index (κ3) is 1.54. The molecular formula is C10H15N3. The summed E-state index contributed by atoms with van der Waals surface area (Å²) in [5, 5.41) is 0. The van der Waals surface area contributed by atoms with Crippen LogP contribution in [0.2, 0.25) is 0 Å². The highest BCUT2D eigenvalue weighted by molar-refractivity contribution is 5.69. The average Bonchev–Trinajstić information content (AvgIpc) is 2.62. The van der Waals surface area contributed by atoms with Crippen molar-refractivity contribution >= 4 is 17.1 Å². The van der Waals surface area contributed by atoms with Crippen LogP contribution < -0.4 is 16.4 Å². The molecule has 13 heavy (non-hydrogen) atoms. The van der Waals surface area contributed by atoms with Crippen LogP contribution >= 0.6 is 0 Å². The molecule has 0 spiro atoms. The van der Waals surface area contributed by atoms with Crippen molar-refractivity contribution in [1.29, 1.82) is 0 Å². The molecule has 0 radical (unpaired) electrons. The average molecular weight is 177 g/mol. The molecule has 0 amide bonds. The van der Waals surface area contributed by atoms with Crippen LogP contribution in [0.15, 0.2) is 18.2 Å². The second kappa shape index (κ2) is 3.17. The van der Waals surface area contributed by atoms with Crippen LogP contribution in [0.5, 0.6) is 0 Å². The molecule has 0 bridgehead atoms. The summed E-state index contributed by atoms with van der Waals surface area (Å²) in [6.07, 6.45) is 2.56. The van der Waals surface area contributed by atoms with Gasteiger partial charge < -0.3 is 16.4 Å². The van der Waals surface area contributed by atoms with Gasteiger partial charge in [0.15, 0.2) is 0 Å². The maximum atomic E-state index is 5.74. The Morgan fingerprint density at radius 3 is 2.31 bits per heavy atom. The minimum absolute atomic E-state index is 0.669. The quantitative estimate of drug-likeness (QED) is 0.638. The van der Waals surface area contributed by atoms with Gasteiger partial charge in [-0.3, -0.25) is 0 Å². The van der Waals surface area contributed by atoms with Crippen LogP contribution in [0.25, 0.3) is 0 Å². The predicted octanol–water partition coefficient (Wildman–Crippen LogP) is 1.45. The van der Waals surface area contributed by atoms with E-state index in [2.05, 4.69) is 4.90 Å². The lowest BCUT2D eigenvalue weighted by atomic mass is 10.2. The molecule has 0 unspecified atom stereocenters. The number of hydrogen-bond acceptors (Lipinski definition) is 3. The minimum atomic E-state index is 0.669. The van der Waals surface area contributed by atoms with E-state index in [1.54, 1.807) is 0 Å². The lowest BCUT2D eigenvalue weighted by molar-refractivity contribution is 0.949. The first-order chi connectivity index (χ1) is 6.27. The Morgan fingerprint density at radius 2 is 1.69 bits per heavy atom. The molecule has 0 atom stereocenters. The Bertz CT molecular complexity index is 303. The Morgan fingerprint density at radius 1 is 1.00 bits per heavy atom. The van der Waals surface area contributed by atoms with Crippen molar-refractivity contribution in [3.05, 3.63) is 18.2 Å². The van der Waals surface area contributed by atoms with E-state index in [-0.39, 0.29) is 0 Å². The van der Waals surface area contributed by atoms with Gasteiger partial charge in [0.1, 0.15) is 0 Å². The topological polar surface area (TPSA) is 55.3 Å². The zero-order valence-electron chi connectivity index (χ0n) is 7.66. The molecule has 70 valence electrons. The highest BCUT2D eigenvalue weighted by Gasteiger charge is 2.12. The van der Waals surface area contributed by atoms with E-state index in [1.165, 1.54) is 18.5 Å². The molecule has 3 heteroatoms. The van der Waals surface area contributed by atoms with E-state index in [1.807, 2.05) is 18.2 Å². The van der Waals surface area contributed by atoms with Crippen molar-refractivity contribution in [3.8, 4) is 0 Å². The lowest BCUT2D eigenvalue weighted by Gasteiger charge is -2.18. The van der Waals surface area contributed by atoms with Crippen molar-refractivity contribution in [2.24, 2.45) is 0 Å². The molecule has 4 N–H and O–H groups in total. The minimum Gasteiger partial charge on any atom is -0.397 e. The first kappa shape index (κ1) is 8.23. The van der Waals surface area contributed by atoms with Gasteiger partial charge in [0.2, 0.25) is 0 Å². The third-order valence-corrected chi connectivity index (χ3v) is 2.54. The largest absolute Gasteiger partial charge is 0.397 e. The zero-order chi connectivity index (χ0) is 9.26. The number of nitrogen functional groups attached to an aromatic ring is 2. The van der Waals surface area contributed by atoms with Gasteiger partial charge in [-0.15, -0.1) is 0 Å². The summed E-state index contributed by atoms with van der Waals surface area (Å²) in [4.78, 5) is 2.34. The predicted molar refractivity (Wildman–Crippen MR) is 56.7 cm³/mol. The van der Waals surface area contributed by atoms with Crippen molar-refractivity contribution in [2.45, 2.75) is 12.8 Å². The van der Waals surface area contributed by atoms with Gasteiger partial charge in [-0.1, -0.05) is 0 Å². The van der Waals surface area contributed by atoms with Crippen LogP contribution in [0, 0.1) is 0 Å². The highest BCUT2D eigenvalue weighted by Crippen LogP contribution is 2.25. The van der Waals surface area contributed by atoms with Gasteiger partial charge in [0.05, 0.1) is 11.4 Å². The number of benzene rings is 1. The maximum absolute atomic E-state index is 5.74. The summed E-state index contributed by atoms with van der Waals surface area (Å²) in [5.74, 6) is 0. The van der Waals surface area contributed by atoms with E-state index < -0.39 is 0 Å². The van der Waals surface area contributed by atoms with Crippen LogP contribution in [-0.2, 0) is 0 Å². The molecule has 1 heterocycles. The van der Waals surface area contributed by atoms with E-state index in [0.717, 1.165) is 13.1 Å². The van der Waals surface area contributed by atoms with Gasteiger partial charge in [-0.25, -0.2) is 0 Å². The van der Waals surface area contributed by atoms with E-state index in [9.17, 15) is 0 Å². The fraction of sp³-hybridized carbons (Fsp3) is 0.400. The van der Waals surface area contributed by atoms with Crippen LogP contribution in [0.1, 0.15) is 12.8 Å². The van der Waals surface area contributed by atoms with Crippen molar-refractivity contribution in [2.75, 3.05) is 29.5 Å². The van der Waals surface area contributed by atoms with Crippen molar-refractivity contribution in [3.63, 3.8) is 0 Å². The van der Waals surface area contributed by atoms with Gasteiger partial charge in [-0.05, 0) is 31.0 Å². The van der Waals surface area contributed by atoms with E-state index in [0.29, 0.717) is 11.4 Å². The normalized spacial score (nSPS) is 16.5. The second-order valence-electron chi connectivity index (χ2n) is 3.51. The molecular weight excluding hydrogens is 162 g/mol. The monoisotopic (exact) mass is 177 g/mol. The first-order valence-electron chi connectivity index (χ1n) is 4.67. The molecule has 1 aliphatic rings. The summed E-state index contributed by atoms with van der Waals surface area (Å²) >= 11 is 0. The molecule has 0 aliphatic carbocycles. The van der Waals surface area contributed by atoms with Gasteiger partial charge in [0.25, 0.3) is 0 Å². The highest BCUT2D eigenvalue weighted by atomic mass is 15.1. The SMILES string of the molecule is Nc1ccc(N2CCCC2)cc1N. The van der Waals surface area contributed by atoms with E-state index in [4.69, 9.17) is 11.5 Å². The smallest absolute Gasteiger partial charge is 0.0568 e. The first-order valence-corrected chi connectivity index (χ1v) is 4.67. The number of nitrogens with two attached hydrogens (primary N) is 2. The number of nitrogens with zero attached hydrogens (tertiary/aromatic N) is 1. The molecule has 2 rings (SSSR count). The van der Waals surface area contributed by atoms with Gasteiger partial charge in [0, 0.05) is 18.8 Å². The molecule has 0 aromatic heterocycles. The van der Waals surface area contributed by atoms with Gasteiger partial charge in [-0.2, -0.15) is 0 Å². The molecule has 1 aliphatic heterocycles. The molecule has 1 aromatic rings. The molecule has 3 nitrogen and oxygen atoms in total. The molecule has 0 saturated carbocycles. The Kier molecular flexibility index (Phi) is 2.00. The number of anilines is 3. The summed E-state index contributed by atoms with van der Waals surface area (Å²) in [7, 11) is 0. The number of hydrogen-bond donors (Lipinski definition) is 2. The summed E-state index contributed by atoms with van der Waals surface area (Å²) in [6, 6.07) is 5.88. The fourth-order valence-corrected chi connectivity index (χ4v) is 1.73. The zero-order valence-corrected chi connectivity index (χ0v) is 7.66. The Labute approximate surface area is 78.3 Å². The van der Waals surface area contributed by atoms with Crippen LogP contribution in [0.4, 0.5) is 17.1 Å². The maximum Gasteiger partial charge on any atom is 0.0568 e. The molecule has 1 saturated heterocycles. The van der Waals surface area contributed by atoms with Crippen LogP contribution in [0.3, 0.4) is 0 Å². The summed E-state index contributed by atoms with van der Waals surface area (Å²) < 4.78 is 0. The second-order valence-corrected chi connectivity index (χ2v) is 3.51. The third-order valence-electron chi connectivity index (χ3n) is 2.54. The van der Waals surface area contributed by atoms with Crippen LogP contribution in [-0.4, -0.2) is 13.1 Å². The Hall–Kier alpha value is -1.38. The van der Waals surface area contributed by atoms with Gasteiger partial charge >= 0.3 is 0 Å². The van der Waals surface area contributed by atoms with Crippen molar-refractivity contribution < 1.29 is 0 Å². The summed E-state index contributed by atoms with van der Waals surface area (Å²) in [6.45, 7) is 2.28. The fourth-order valence-electron chi connectivity index (χ4n) is 1.73. The summed E-state index contributed by atoms with van der Waals surface area (Å²) in [5.41, 5.74) is 13.9. The standard InChI is InChI=1S/C10H15N3/c11-9-4-3-8(7-10(9)12)13-5-1-2-6-13/h3-4,7H,1-2,5-6,11-12H2. The van der Waals surface area contributed by atoms with E-state index >= 15 is 0 Å². The molecule has 1 aromatic carbocycles. The van der Waals surface area contributed by atoms with Crippen molar-refractivity contribution in [1.82, 2.24) is 0 Å². The Balaban J connectivity index is 2.25.